The third kappa shape index (κ3) is 6.56. The number of thiophene rings is 1. The maximum atomic E-state index is 5.03. The van der Waals surface area contributed by atoms with E-state index in [1.807, 2.05) is 0 Å². The molecule has 3 aromatic rings. The van der Waals surface area contributed by atoms with E-state index in [-0.39, 0.29) is 0 Å². The average Bonchev–Trinajstić information content (AvgIpc) is 3.25. The summed E-state index contributed by atoms with van der Waals surface area (Å²) in [7, 11) is 0. The summed E-state index contributed by atoms with van der Waals surface area (Å²) in [5, 5.41) is 5.68. The quantitative estimate of drug-likeness (QED) is 0.292. The van der Waals surface area contributed by atoms with Gasteiger partial charge in [-0.05, 0) is 74.6 Å². The third-order valence-corrected chi connectivity index (χ3v) is 7.58. The Labute approximate surface area is 205 Å². The molecule has 0 aliphatic heterocycles. The number of rotatable bonds is 11. The smallest absolute Gasteiger partial charge is 0.154 e. The maximum absolute atomic E-state index is 5.03. The molecule has 2 aromatic heterocycles. The van der Waals surface area contributed by atoms with Gasteiger partial charge in [-0.15, -0.1) is 11.3 Å². The summed E-state index contributed by atoms with van der Waals surface area (Å²) >= 11 is 3.48. The summed E-state index contributed by atoms with van der Waals surface area (Å²) < 4.78 is 0. The van der Waals surface area contributed by atoms with Crippen LogP contribution in [0.4, 0.5) is 5.82 Å². The predicted molar refractivity (Wildman–Crippen MR) is 145 cm³/mol. The fraction of sp³-hybridized carbons (Fsp3) is 0.333. The van der Waals surface area contributed by atoms with Crippen LogP contribution in [0.2, 0.25) is 0 Å². The molecular weight excluding hydrogens is 444 g/mol. The van der Waals surface area contributed by atoms with E-state index in [0.717, 1.165) is 66.4 Å². The number of nitrogens with one attached hydrogen (secondary N) is 1. The Bertz CT molecular complexity index is 1130. The molecular formula is C27H32N4S2. The van der Waals surface area contributed by atoms with Gasteiger partial charge < -0.3 is 10.2 Å². The van der Waals surface area contributed by atoms with Crippen LogP contribution in [0.5, 0.6) is 0 Å². The highest BCUT2D eigenvalue weighted by atomic mass is 32.2. The van der Waals surface area contributed by atoms with Gasteiger partial charge in [-0.1, -0.05) is 56.0 Å². The molecule has 0 fully saturated rings. The Morgan fingerprint density at radius 2 is 1.97 bits per heavy atom. The number of unbranched alkanes of at least 4 members (excludes halogenated alkanes) is 1. The molecule has 33 heavy (non-hydrogen) atoms. The summed E-state index contributed by atoms with van der Waals surface area (Å²) in [5.41, 5.74) is 2.81. The molecule has 0 unspecified atom stereocenters. The van der Waals surface area contributed by atoms with Gasteiger partial charge in [0.15, 0.2) is 5.82 Å². The van der Waals surface area contributed by atoms with E-state index in [1.165, 1.54) is 16.2 Å². The molecule has 0 radical (unpaired) electrons. The van der Waals surface area contributed by atoms with E-state index in [2.05, 4.69) is 90.2 Å². The number of thioether (sulfide) groups is 1. The first-order valence-corrected chi connectivity index (χ1v) is 13.5. The molecule has 1 N–H and O–H groups in total. The van der Waals surface area contributed by atoms with E-state index in [1.54, 1.807) is 23.1 Å². The molecule has 4 nitrogen and oxygen atoms in total. The van der Waals surface area contributed by atoms with Crippen LogP contribution in [0.15, 0.2) is 75.9 Å². The van der Waals surface area contributed by atoms with Crippen LogP contribution < -0.4 is 5.32 Å². The summed E-state index contributed by atoms with van der Waals surface area (Å²) in [4.78, 5) is 16.1. The number of fused-ring (bicyclic) bond motifs is 1. The summed E-state index contributed by atoms with van der Waals surface area (Å²) in [6, 6.07) is 10.6. The Kier molecular flexibility index (Phi) is 8.75. The van der Waals surface area contributed by atoms with Crippen LogP contribution >= 0.6 is 23.1 Å². The minimum atomic E-state index is 0.882. The van der Waals surface area contributed by atoms with Crippen molar-refractivity contribution < 1.29 is 0 Å². The number of anilines is 1. The molecule has 0 spiro atoms. The van der Waals surface area contributed by atoms with Crippen molar-refractivity contribution in [2.75, 3.05) is 31.5 Å². The fourth-order valence-electron chi connectivity index (χ4n) is 3.78. The molecule has 0 saturated heterocycles. The highest BCUT2D eigenvalue weighted by molar-refractivity contribution is 8.03. The number of aromatic nitrogens is 2. The van der Waals surface area contributed by atoms with Gasteiger partial charge in [0.1, 0.15) is 5.69 Å². The SMILES string of the molecule is CCN(CC)CCCCNc1nc2cc(SC3=CCC=CC=C3)ccc2nc1-c1cccs1. The van der Waals surface area contributed by atoms with Crippen molar-refractivity contribution >= 4 is 39.9 Å². The van der Waals surface area contributed by atoms with Gasteiger partial charge in [-0.25, -0.2) is 9.97 Å². The van der Waals surface area contributed by atoms with E-state index in [0.29, 0.717) is 0 Å². The zero-order valence-electron chi connectivity index (χ0n) is 19.5. The lowest BCUT2D eigenvalue weighted by Gasteiger charge is -2.17. The first-order chi connectivity index (χ1) is 16.3. The Morgan fingerprint density at radius 1 is 1.06 bits per heavy atom. The standard InChI is InChI=1S/C27H32N4S2/c1-3-31(4-2)18-10-9-17-28-27-26(25-14-11-19-32-25)29-23-16-15-22(20-24(23)30-27)33-21-12-7-5-6-8-13-21/h5-7,11-16,19-20H,3-4,8-10,17-18H2,1-2H3,(H,28,30). The first-order valence-electron chi connectivity index (χ1n) is 11.8. The van der Waals surface area contributed by atoms with Crippen molar-refractivity contribution in [3.63, 3.8) is 0 Å². The van der Waals surface area contributed by atoms with Crippen LogP contribution in [-0.2, 0) is 0 Å². The Balaban J connectivity index is 1.52. The van der Waals surface area contributed by atoms with E-state index >= 15 is 0 Å². The molecule has 0 amide bonds. The van der Waals surface area contributed by atoms with Crippen LogP contribution in [0.1, 0.15) is 33.1 Å². The number of allylic oxidation sites excluding steroid dienone is 5. The number of benzene rings is 1. The number of hydrogen-bond acceptors (Lipinski definition) is 6. The second-order valence-electron chi connectivity index (χ2n) is 7.94. The molecule has 0 saturated carbocycles. The van der Waals surface area contributed by atoms with E-state index < -0.39 is 0 Å². The lowest BCUT2D eigenvalue weighted by Crippen LogP contribution is -2.24. The van der Waals surface area contributed by atoms with Gasteiger partial charge >= 0.3 is 0 Å². The van der Waals surface area contributed by atoms with Crippen molar-refractivity contribution in [2.45, 2.75) is 38.0 Å². The van der Waals surface area contributed by atoms with Crippen molar-refractivity contribution in [1.29, 1.82) is 0 Å². The highest BCUT2D eigenvalue weighted by Gasteiger charge is 2.13. The average molecular weight is 477 g/mol. The first kappa shape index (κ1) is 23.7. The fourth-order valence-corrected chi connectivity index (χ4v) is 5.40. The summed E-state index contributed by atoms with van der Waals surface area (Å²) in [6.07, 6.45) is 14.1. The Morgan fingerprint density at radius 3 is 2.79 bits per heavy atom. The molecule has 6 heteroatoms. The maximum Gasteiger partial charge on any atom is 0.154 e. The van der Waals surface area contributed by atoms with E-state index in [4.69, 9.17) is 9.97 Å². The monoisotopic (exact) mass is 476 g/mol. The van der Waals surface area contributed by atoms with Gasteiger partial charge in [0.2, 0.25) is 0 Å². The molecule has 1 aliphatic rings. The molecule has 2 heterocycles. The minimum absolute atomic E-state index is 0.882. The van der Waals surface area contributed by atoms with Gasteiger partial charge in [0.25, 0.3) is 0 Å². The molecule has 0 atom stereocenters. The van der Waals surface area contributed by atoms with Crippen LogP contribution in [0, 0.1) is 0 Å². The topological polar surface area (TPSA) is 41.0 Å². The number of nitrogens with zero attached hydrogens (tertiary/aromatic N) is 3. The molecule has 172 valence electrons. The van der Waals surface area contributed by atoms with Crippen molar-refractivity contribution in [3.05, 3.63) is 71.0 Å². The largest absolute Gasteiger partial charge is 0.368 e. The Hall–Kier alpha value is -2.41. The van der Waals surface area contributed by atoms with Crippen LogP contribution in [0.25, 0.3) is 21.6 Å². The minimum Gasteiger partial charge on any atom is -0.368 e. The molecule has 1 aromatic carbocycles. The van der Waals surface area contributed by atoms with E-state index in [9.17, 15) is 0 Å². The van der Waals surface area contributed by atoms with Gasteiger partial charge in [0.05, 0.1) is 15.9 Å². The van der Waals surface area contributed by atoms with Crippen molar-refractivity contribution in [1.82, 2.24) is 14.9 Å². The van der Waals surface area contributed by atoms with Crippen molar-refractivity contribution in [3.8, 4) is 10.6 Å². The highest BCUT2D eigenvalue weighted by Crippen LogP contribution is 2.34. The summed E-state index contributed by atoms with van der Waals surface area (Å²) in [5.74, 6) is 0.882. The second kappa shape index (κ2) is 12.2. The van der Waals surface area contributed by atoms with Gasteiger partial charge in [-0.3, -0.25) is 0 Å². The molecule has 0 bridgehead atoms. The summed E-state index contributed by atoms with van der Waals surface area (Å²) in [6.45, 7) is 8.74. The lowest BCUT2D eigenvalue weighted by molar-refractivity contribution is 0.298. The number of hydrogen-bond donors (Lipinski definition) is 1. The van der Waals surface area contributed by atoms with Crippen molar-refractivity contribution in [2.24, 2.45) is 0 Å². The predicted octanol–water partition coefficient (Wildman–Crippen LogP) is 7.38. The lowest BCUT2D eigenvalue weighted by atomic mass is 10.2. The zero-order valence-corrected chi connectivity index (χ0v) is 21.1. The molecule has 4 rings (SSSR count). The van der Waals surface area contributed by atoms with Gasteiger partial charge in [0, 0.05) is 16.3 Å². The third-order valence-electron chi connectivity index (χ3n) is 5.68. The van der Waals surface area contributed by atoms with Crippen LogP contribution in [-0.4, -0.2) is 41.0 Å². The molecule has 1 aliphatic carbocycles. The zero-order chi connectivity index (χ0) is 22.9. The van der Waals surface area contributed by atoms with Gasteiger partial charge in [-0.2, -0.15) is 0 Å². The second-order valence-corrected chi connectivity index (χ2v) is 10.0. The van der Waals surface area contributed by atoms with Crippen LogP contribution in [0.3, 0.4) is 0 Å². The normalized spacial score (nSPS) is 13.5.